The van der Waals surface area contributed by atoms with Crippen LogP contribution in [0.4, 0.5) is 5.69 Å². The molecule has 0 aliphatic carbocycles. The molecule has 10 heteroatoms. The van der Waals surface area contributed by atoms with E-state index in [9.17, 15) is 14.9 Å². The Balaban J connectivity index is 1.75. The Labute approximate surface area is 196 Å². The van der Waals surface area contributed by atoms with Crippen molar-refractivity contribution in [3.8, 4) is 6.07 Å². The van der Waals surface area contributed by atoms with E-state index < -0.39 is 5.91 Å². The second-order valence-electron chi connectivity index (χ2n) is 6.69. The summed E-state index contributed by atoms with van der Waals surface area (Å²) in [5.74, 6) is -0.623. The van der Waals surface area contributed by atoms with Crippen molar-refractivity contribution in [3.63, 3.8) is 0 Å². The molecule has 0 unspecified atom stereocenters. The highest BCUT2D eigenvalue weighted by atomic mass is 35.5. The van der Waals surface area contributed by atoms with E-state index in [1.54, 1.807) is 42.5 Å². The van der Waals surface area contributed by atoms with Gasteiger partial charge in [-0.3, -0.25) is 14.2 Å². The van der Waals surface area contributed by atoms with Gasteiger partial charge in [-0.2, -0.15) is 5.26 Å². The molecule has 0 saturated heterocycles. The Kier molecular flexibility index (Phi) is 6.10. The molecule has 1 N–H and O–H groups in total. The third-order valence-electron chi connectivity index (χ3n) is 4.69. The van der Waals surface area contributed by atoms with Crippen LogP contribution in [0.3, 0.4) is 0 Å². The Hall–Kier alpha value is -3.44. The topological polar surface area (TPSA) is 101 Å². The lowest BCUT2D eigenvalue weighted by Crippen LogP contribution is -2.23. The van der Waals surface area contributed by atoms with Crippen molar-refractivity contribution in [2.24, 2.45) is 0 Å². The van der Waals surface area contributed by atoms with Gasteiger partial charge in [0, 0.05) is 0 Å². The summed E-state index contributed by atoms with van der Waals surface area (Å²) in [5, 5.41) is 12.2. The summed E-state index contributed by atoms with van der Waals surface area (Å²) in [6.07, 6.45) is 1.41. The number of aromatic nitrogens is 3. The maximum Gasteiger partial charge on any atom is 0.274 e. The maximum atomic E-state index is 13.2. The Morgan fingerprint density at radius 2 is 1.91 bits per heavy atom. The van der Waals surface area contributed by atoms with Crippen molar-refractivity contribution in [2.75, 3.05) is 5.32 Å². The van der Waals surface area contributed by atoms with Gasteiger partial charge in [0.15, 0.2) is 0 Å². The van der Waals surface area contributed by atoms with Crippen LogP contribution >= 0.6 is 34.8 Å². The number of nitriles is 1. The molecule has 0 bridgehead atoms. The van der Waals surface area contributed by atoms with E-state index >= 15 is 0 Å². The Morgan fingerprint density at radius 1 is 1.12 bits per heavy atom. The van der Waals surface area contributed by atoms with Gasteiger partial charge in [0.25, 0.3) is 11.5 Å². The summed E-state index contributed by atoms with van der Waals surface area (Å²) in [6, 6.07) is 15.3. The number of pyridine rings is 1. The fourth-order valence-electron chi connectivity index (χ4n) is 3.14. The highest BCUT2D eigenvalue weighted by molar-refractivity contribution is 6.47. The molecule has 1 amide bonds. The molecule has 2 aromatic carbocycles. The fraction of sp³-hybridized carbons (Fsp3) is 0.0455. The molecule has 0 fully saturated rings. The van der Waals surface area contributed by atoms with Crippen molar-refractivity contribution in [2.45, 2.75) is 6.54 Å². The summed E-state index contributed by atoms with van der Waals surface area (Å²) in [7, 11) is 0. The van der Waals surface area contributed by atoms with E-state index in [0.29, 0.717) is 16.6 Å². The normalized spacial score (nSPS) is 10.7. The monoisotopic (exact) mass is 483 g/mol. The molecule has 2 heterocycles. The Bertz CT molecular complexity index is 1450. The number of rotatable bonds is 4. The number of nitrogens with zero attached hydrogens (tertiary/aromatic N) is 4. The summed E-state index contributed by atoms with van der Waals surface area (Å²) < 4.78 is 1.38. The van der Waals surface area contributed by atoms with E-state index in [1.807, 2.05) is 0 Å². The summed E-state index contributed by atoms with van der Waals surface area (Å²) in [6.45, 7) is 0.151. The molecule has 0 saturated carbocycles. The Morgan fingerprint density at radius 3 is 2.66 bits per heavy atom. The predicted octanol–water partition coefficient (Wildman–Crippen LogP) is 4.92. The summed E-state index contributed by atoms with van der Waals surface area (Å²) in [4.78, 5) is 34.2. The standard InChI is InChI=1S/C22H12Cl3N5O2/c23-14-8-17(28-20(25)19(14)24)21(31)29-16-7-3-6-15-18(16)22(32)30(11-27-15)10-13-5-2-1-4-12(13)9-26/h1-8,11H,10H2,(H,29,31). The predicted molar refractivity (Wildman–Crippen MR) is 123 cm³/mol. The second-order valence-corrected chi connectivity index (χ2v) is 7.84. The number of benzene rings is 2. The van der Waals surface area contributed by atoms with Crippen molar-refractivity contribution >= 4 is 57.3 Å². The minimum Gasteiger partial charge on any atom is -0.320 e. The van der Waals surface area contributed by atoms with Crippen LogP contribution in [0.1, 0.15) is 21.6 Å². The zero-order chi connectivity index (χ0) is 22.8. The average molecular weight is 485 g/mol. The molecule has 4 aromatic rings. The zero-order valence-corrected chi connectivity index (χ0v) is 18.4. The third kappa shape index (κ3) is 4.16. The number of carbonyl (C=O) groups excluding carboxylic acids is 1. The van der Waals surface area contributed by atoms with Crippen LogP contribution in [-0.4, -0.2) is 20.4 Å². The van der Waals surface area contributed by atoms with Crippen molar-refractivity contribution < 1.29 is 4.79 Å². The van der Waals surface area contributed by atoms with Crippen molar-refractivity contribution in [3.05, 3.63) is 97.2 Å². The molecule has 32 heavy (non-hydrogen) atoms. The SMILES string of the molecule is N#Cc1ccccc1Cn1cnc2cccc(NC(=O)c3cc(Cl)c(Cl)c(Cl)n3)c2c1=O. The highest BCUT2D eigenvalue weighted by Crippen LogP contribution is 2.29. The van der Waals surface area contributed by atoms with E-state index in [-0.39, 0.29) is 44.1 Å². The number of anilines is 1. The molecule has 2 aromatic heterocycles. The molecule has 4 rings (SSSR count). The molecular weight excluding hydrogens is 473 g/mol. The van der Waals surface area contributed by atoms with Gasteiger partial charge >= 0.3 is 0 Å². The molecule has 0 spiro atoms. The second kappa shape index (κ2) is 8.97. The first-order valence-electron chi connectivity index (χ1n) is 9.18. The van der Waals surface area contributed by atoms with Crippen LogP contribution in [0, 0.1) is 11.3 Å². The van der Waals surface area contributed by atoms with Crippen LogP contribution < -0.4 is 10.9 Å². The van der Waals surface area contributed by atoms with Crippen LogP contribution in [-0.2, 0) is 6.54 Å². The van der Waals surface area contributed by atoms with Crippen LogP contribution in [0.2, 0.25) is 15.2 Å². The quantitative estimate of drug-likeness (QED) is 0.414. The number of hydrogen-bond acceptors (Lipinski definition) is 5. The first-order valence-corrected chi connectivity index (χ1v) is 10.3. The van der Waals surface area contributed by atoms with Gasteiger partial charge in [-0.05, 0) is 29.8 Å². The summed E-state index contributed by atoms with van der Waals surface area (Å²) in [5.41, 5.74) is 1.35. The van der Waals surface area contributed by atoms with E-state index in [4.69, 9.17) is 34.8 Å². The number of amides is 1. The van der Waals surface area contributed by atoms with Gasteiger partial charge in [-0.25, -0.2) is 9.97 Å². The zero-order valence-electron chi connectivity index (χ0n) is 16.1. The van der Waals surface area contributed by atoms with Gasteiger partial charge in [-0.1, -0.05) is 59.1 Å². The first kappa shape index (κ1) is 21.8. The third-order valence-corrected chi connectivity index (χ3v) is 5.83. The largest absolute Gasteiger partial charge is 0.320 e. The molecule has 0 aliphatic heterocycles. The molecule has 7 nitrogen and oxygen atoms in total. The number of hydrogen-bond donors (Lipinski definition) is 1. The molecule has 0 radical (unpaired) electrons. The highest BCUT2D eigenvalue weighted by Gasteiger charge is 2.17. The van der Waals surface area contributed by atoms with Crippen LogP contribution in [0.25, 0.3) is 10.9 Å². The lowest BCUT2D eigenvalue weighted by Gasteiger charge is -2.12. The minimum absolute atomic E-state index is 0.0415. The lowest BCUT2D eigenvalue weighted by molar-refractivity contribution is 0.102. The number of carbonyl (C=O) groups is 1. The van der Waals surface area contributed by atoms with Gasteiger partial charge in [0.2, 0.25) is 0 Å². The van der Waals surface area contributed by atoms with Gasteiger partial charge in [0.1, 0.15) is 10.8 Å². The first-order chi connectivity index (χ1) is 15.4. The van der Waals surface area contributed by atoms with E-state index in [2.05, 4.69) is 21.4 Å². The number of nitrogens with one attached hydrogen (secondary N) is 1. The maximum absolute atomic E-state index is 13.2. The summed E-state index contributed by atoms with van der Waals surface area (Å²) >= 11 is 17.8. The van der Waals surface area contributed by atoms with E-state index in [0.717, 1.165) is 0 Å². The van der Waals surface area contributed by atoms with Gasteiger partial charge < -0.3 is 5.32 Å². The van der Waals surface area contributed by atoms with Crippen LogP contribution in [0.5, 0.6) is 0 Å². The van der Waals surface area contributed by atoms with Gasteiger partial charge in [-0.15, -0.1) is 0 Å². The van der Waals surface area contributed by atoms with Gasteiger partial charge in [0.05, 0.1) is 51.1 Å². The average Bonchev–Trinajstić information content (AvgIpc) is 2.79. The molecule has 0 atom stereocenters. The fourth-order valence-corrected chi connectivity index (χ4v) is 3.67. The van der Waals surface area contributed by atoms with E-state index in [1.165, 1.54) is 17.0 Å². The minimum atomic E-state index is -0.623. The molecular formula is C22H12Cl3N5O2. The van der Waals surface area contributed by atoms with Crippen molar-refractivity contribution in [1.82, 2.24) is 14.5 Å². The van der Waals surface area contributed by atoms with Crippen molar-refractivity contribution in [1.29, 1.82) is 5.26 Å². The smallest absolute Gasteiger partial charge is 0.274 e. The number of halogens is 3. The number of fused-ring (bicyclic) bond motifs is 1. The molecule has 158 valence electrons. The lowest BCUT2D eigenvalue weighted by atomic mass is 10.1. The van der Waals surface area contributed by atoms with Crippen LogP contribution in [0.15, 0.2) is 59.7 Å². The molecule has 0 aliphatic rings.